The molecule has 0 fully saturated rings. The van der Waals surface area contributed by atoms with Gasteiger partial charge in [0.2, 0.25) is 5.91 Å². The minimum Gasteiger partial charge on any atom is -0.503 e. The number of primary amides is 1. The molecule has 0 aromatic carbocycles. The molecule has 0 aliphatic heterocycles. The molecule has 0 heterocycles. The maximum absolute atomic E-state index is 10.5. The molecule has 0 aliphatic carbocycles. The van der Waals surface area contributed by atoms with Crippen molar-refractivity contribution in [3.05, 3.63) is 24.5 Å². The van der Waals surface area contributed by atoms with Crippen molar-refractivity contribution in [3.8, 4) is 0 Å². The maximum Gasteiger partial charge on any atom is 0.283 e. The normalized spacial score (nSPS) is 9.94. The molecule has 98 valence electrons. The van der Waals surface area contributed by atoms with Crippen molar-refractivity contribution in [1.82, 2.24) is 4.90 Å². The number of amides is 2. The van der Waals surface area contributed by atoms with Crippen molar-refractivity contribution >= 4 is 11.8 Å². The predicted molar refractivity (Wildman–Crippen MR) is 61.4 cm³/mol. The molecule has 5 N–H and O–H groups in total. The summed E-state index contributed by atoms with van der Waals surface area (Å²) in [5.74, 6) is -1.61. The highest BCUT2D eigenvalue weighted by molar-refractivity contribution is 5.89. The van der Waals surface area contributed by atoms with Crippen LogP contribution in [0.2, 0.25) is 0 Å². The van der Waals surface area contributed by atoms with Crippen LogP contribution in [0.3, 0.4) is 0 Å². The van der Waals surface area contributed by atoms with Gasteiger partial charge in [0.05, 0.1) is 0 Å². The van der Waals surface area contributed by atoms with E-state index in [0.29, 0.717) is 6.42 Å². The number of aliphatic hydroxyl groups is 3. The topological polar surface area (TPSA) is 124 Å². The Balaban J connectivity index is 0. The molecule has 0 bridgehead atoms. The molecule has 0 rings (SSSR count). The second-order valence-electron chi connectivity index (χ2n) is 2.73. The molecule has 2 amide bonds. The maximum atomic E-state index is 10.5. The number of carbonyl (C=O) groups excluding carboxylic acids is 2. The van der Waals surface area contributed by atoms with Gasteiger partial charge in [0.1, 0.15) is 13.5 Å². The average Bonchev–Trinajstić information content (AvgIpc) is 2.31. The molecular weight excluding hydrogens is 228 g/mol. The van der Waals surface area contributed by atoms with Gasteiger partial charge in [-0.05, 0) is 18.6 Å². The highest BCUT2D eigenvalue weighted by Gasteiger charge is 2.04. The number of carbonyl (C=O) groups is 2. The highest BCUT2D eigenvalue weighted by Crippen LogP contribution is 1.87. The summed E-state index contributed by atoms with van der Waals surface area (Å²) in [5.41, 5.74) is 4.66. The van der Waals surface area contributed by atoms with Gasteiger partial charge in [-0.25, -0.2) is 0 Å². The summed E-state index contributed by atoms with van der Waals surface area (Å²) in [6.07, 6.45) is 3.00. The lowest BCUT2D eigenvalue weighted by Gasteiger charge is -2.12. The van der Waals surface area contributed by atoms with Crippen molar-refractivity contribution in [2.45, 2.75) is 13.3 Å². The first-order chi connectivity index (χ1) is 7.94. The van der Waals surface area contributed by atoms with Crippen LogP contribution in [0.25, 0.3) is 0 Å². The Morgan fingerprint density at radius 3 is 1.94 bits per heavy atom. The van der Waals surface area contributed by atoms with Crippen LogP contribution < -0.4 is 5.73 Å². The van der Waals surface area contributed by atoms with Crippen LogP contribution >= 0.6 is 0 Å². The van der Waals surface area contributed by atoms with Crippen LogP contribution in [0, 0.1) is 0 Å². The summed E-state index contributed by atoms with van der Waals surface area (Å²) >= 11 is 0. The molecule has 0 aromatic rings. The first kappa shape index (κ1) is 17.5. The van der Waals surface area contributed by atoms with Gasteiger partial charge in [-0.1, -0.05) is 13.5 Å². The quantitative estimate of drug-likeness (QED) is 0.288. The fraction of sp³-hybridized carbons (Fsp3) is 0.400. The van der Waals surface area contributed by atoms with Crippen LogP contribution in [0.4, 0.5) is 0 Å². The summed E-state index contributed by atoms with van der Waals surface area (Å²) in [6, 6.07) is 0. The molecule has 0 atom stereocenters. The van der Waals surface area contributed by atoms with E-state index in [1.54, 1.807) is 6.92 Å². The zero-order chi connectivity index (χ0) is 13.8. The Bertz CT molecular complexity index is 284. The van der Waals surface area contributed by atoms with Crippen LogP contribution in [-0.2, 0) is 9.59 Å². The zero-order valence-electron chi connectivity index (χ0n) is 9.67. The number of aliphatic hydroxyl groups excluding tert-OH is 3. The first-order valence-corrected chi connectivity index (χ1v) is 4.76. The van der Waals surface area contributed by atoms with Crippen LogP contribution in [0.5, 0.6) is 0 Å². The molecule has 0 saturated heterocycles. The predicted octanol–water partition coefficient (Wildman–Crippen LogP) is -0.776. The lowest BCUT2D eigenvalue weighted by atomic mass is 10.4. The Hall–Kier alpha value is -1.86. The second kappa shape index (κ2) is 10.7. The van der Waals surface area contributed by atoms with Crippen molar-refractivity contribution in [2.75, 3.05) is 13.5 Å². The van der Waals surface area contributed by atoms with E-state index >= 15 is 0 Å². The third kappa shape index (κ3) is 9.09. The van der Waals surface area contributed by atoms with Gasteiger partial charge in [0, 0.05) is 0 Å². The minimum absolute atomic E-state index is 0.354. The van der Waals surface area contributed by atoms with Crippen molar-refractivity contribution < 1.29 is 24.9 Å². The summed E-state index contributed by atoms with van der Waals surface area (Å²) in [6.45, 7) is 4.00. The first-order valence-electron chi connectivity index (χ1n) is 4.76. The molecule has 0 radical (unpaired) electrons. The summed E-state index contributed by atoms with van der Waals surface area (Å²) < 4.78 is 0. The highest BCUT2D eigenvalue weighted by atomic mass is 16.3. The van der Waals surface area contributed by atoms with E-state index in [1.165, 1.54) is 6.08 Å². The van der Waals surface area contributed by atoms with Crippen molar-refractivity contribution in [1.29, 1.82) is 0 Å². The molecule has 7 nitrogen and oxygen atoms in total. The van der Waals surface area contributed by atoms with Gasteiger partial charge < -0.3 is 21.1 Å². The van der Waals surface area contributed by atoms with Crippen LogP contribution in [0.1, 0.15) is 13.3 Å². The Kier molecular flexibility index (Phi) is 11.0. The number of nitrogens with two attached hydrogens (primary N) is 1. The van der Waals surface area contributed by atoms with Gasteiger partial charge >= 0.3 is 0 Å². The monoisotopic (exact) mass is 246 g/mol. The van der Waals surface area contributed by atoms with Gasteiger partial charge in [0.25, 0.3) is 5.91 Å². The zero-order valence-corrected chi connectivity index (χ0v) is 9.67. The third-order valence-corrected chi connectivity index (χ3v) is 1.48. The summed E-state index contributed by atoms with van der Waals surface area (Å²) in [4.78, 5) is 21.3. The third-order valence-electron chi connectivity index (χ3n) is 1.48. The van der Waals surface area contributed by atoms with E-state index in [-0.39, 0.29) is 5.76 Å². The average molecular weight is 246 g/mol. The van der Waals surface area contributed by atoms with E-state index in [9.17, 15) is 9.59 Å². The fourth-order valence-electron chi connectivity index (χ4n) is 0.607. The van der Waals surface area contributed by atoms with Gasteiger partial charge in [-0.3, -0.25) is 14.5 Å². The minimum atomic E-state index is -0.771. The summed E-state index contributed by atoms with van der Waals surface area (Å²) in [7, 11) is 0. The van der Waals surface area contributed by atoms with E-state index < -0.39 is 25.3 Å². The lowest BCUT2D eigenvalue weighted by molar-refractivity contribution is -0.134. The van der Waals surface area contributed by atoms with E-state index in [4.69, 9.17) is 15.3 Å². The molecule has 0 spiro atoms. The number of rotatable bonds is 5. The van der Waals surface area contributed by atoms with Crippen LogP contribution in [-0.4, -0.2) is 45.5 Å². The summed E-state index contributed by atoms with van der Waals surface area (Å²) in [5, 5.41) is 25.2. The SMILES string of the molecule is C=CC(=O)N(CO)CO.CC/C=C(\O)C(N)=O. The molecule has 0 aromatic heterocycles. The number of hydrogen-bond acceptors (Lipinski definition) is 5. The van der Waals surface area contributed by atoms with E-state index in [2.05, 4.69) is 12.3 Å². The molecular formula is C10H18N2O5. The van der Waals surface area contributed by atoms with E-state index in [1.807, 2.05) is 0 Å². The second-order valence-corrected chi connectivity index (χ2v) is 2.73. The number of nitrogens with zero attached hydrogens (tertiary/aromatic N) is 1. The largest absolute Gasteiger partial charge is 0.503 e. The fourth-order valence-corrected chi connectivity index (χ4v) is 0.607. The number of hydrogen-bond donors (Lipinski definition) is 4. The van der Waals surface area contributed by atoms with Crippen molar-refractivity contribution in [2.24, 2.45) is 5.73 Å². The van der Waals surface area contributed by atoms with Gasteiger partial charge in [-0.2, -0.15) is 0 Å². The standard InChI is InChI=1S/C5H9NO3.C5H9NO2/c1-2-5(9)6(3-7)4-8;1-2-3-4(7)5(6)8/h2,7-8H,1,3-4H2;3,7H,2H2,1H3,(H2,6,8)/b;4-3-. The van der Waals surface area contributed by atoms with Gasteiger partial charge in [-0.15, -0.1) is 0 Å². The molecule has 17 heavy (non-hydrogen) atoms. The number of allylic oxidation sites excluding steroid dienone is 1. The van der Waals surface area contributed by atoms with E-state index in [0.717, 1.165) is 11.0 Å². The van der Waals surface area contributed by atoms with Crippen LogP contribution in [0.15, 0.2) is 24.5 Å². The Morgan fingerprint density at radius 2 is 1.82 bits per heavy atom. The molecule has 0 aliphatic rings. The Morgan fingerprint density at radius 1 is 1.35 bits per heavy atom. The molecule has 0 unspecified atom stereocenters. The molecule has 0 saturated carbocycles. The smallest absolute Gasteiger partial charge is 0.283 e. The van der Waals surface area contributed by atoms with Gasteiger partial charge in [0.15, 0.2) is 5.76 Å². The van der Waals surface area contributed by atoms with Crippen molar-refractivity contribution in [3.63, 3.8) is 0 Å². The molecule has 7 heteroatoms. The lowest BCUT2D eigenvalue weighted by Crippen LogP contribution is -2.30. The Labute approximate surface area is 99.5 Å².